The topological polar surface area (TPSA) is 45.3 Å². The average molecular weight is 254 g/mol. The number of nitrogens with two attached hydrogens (primary N) is 1. The zero-order valence-electron chi connectivity index (χ0n) is 11.8. The average Bonchev–Trinajstić information content (AvgIpc) is 2.69. The molecule has 3 heteroatoms. The van der Waals surface area contributed by atoms with Crippen molar-refractivity contribution in [2.24, 2.45) is 7.05 Å². The molecule has 2 aromatic rings. The predicted octanol–water partition coefficient (Wildman–Crippen LogP) is 1.78. The van der Waals surface area contributed by atoms with Crippen molar-refractivity contribution in [1.29, 1.82) is 5.26 Å². The van der Waals surface area contributed by atoms with E-state index in [-0.39, 0.29) is 0 Å². The maximum absolute atomic E-state index is 9.00. The number of aromatic nitrogens is 1. The van der Waals surface area contributed by atoms with E-state index in [9.17, 15) is 0 Å². The van der Waals surface area contributed by atoms with E-state index in [0.717, 1.165) is 18.8 Å². The van der Waals surface area contributed by atoms with Crippen molar-refractivity contribution < 1.29 is 5.32 Å². The number of benzene rings is 1. The van der Waals surface area contributed by atoms with Crippen LogP contribution in [0, 0.1) is 25.2 Å². The molecular formula is C16H20N3+. The van der Waals surface area contributed by atoms with Crippen LogP contribution in [0.5, 0.6) is 0 Å². The summed E-state index contributed by atoms with van der Waals surface area (Å²) >= 11 is 0. The summed E-state index contributed by atoms with van der Waals surface area (Å²) in [6.07, 6.45) is 0. The number of nitriles is 1. The van der Waals surface area contributed by atoms with Gasteiger partial charge < -0.3 is 9.88 Å². The molecule has 2 rings (SSSR count). The van der Waals surface area contributed by atoms with E-state index in [1.165, 1.54) is 22.4 Å². The van der Waals surface area contributed by atoms with Crippen LogP contribution >= 0.6 is 0 Å². The van der Waals surface area contributed by atoms with E-state index >= 15 is 0 Å². The van der Waals surface area contributed by atoms with Gasteiger partial charge in [0.25, 0.3) is 0 Å². The van der Waals surface area contributed by atoms with Crippen molar-refractivity contribution in [1.82, 2.24) is 4.57 Å². The van der Waals surface area contributed by atoms with Gasteiger partial charge in [-0.15, -0.1) is 0 Å². The first-order chi connectivity index (χ1) is 9.11. The summed E-state index contributed by atoms with van der Waals surface area (Å²) in [5.41, 5.74) is 5.78. The van der Waals surface area contributed by atoms with Crippen molar-refractivity contribution in [3.63, 3.8) is 0 Å². The van der Waals surface area contributed by atoms with Crippen molar-refractivity contribution in [2.75, 3.05) is 0 Å². The van der Waals surface area contributed by atoms with Gasteiger partial charge in [0.2, 0.25) is 0 Å². The molecule has 0 saturated carbocycles. The van der Waals surface area contributed by atoms with Crippen LogP contribution in [0.4, 0.5) is 0 Å². The lowest BCUT2D eigenvalue weighted by Gasteiger charge is -2.03. The monoisotopic (exact) mass is 254 g/mol. The van der Waals surface area contributed by atoms with Crippen molar-refractivity contribution in [3.8, 4) is 6.07 Å². The minimum absolute atomic E-state index is 0.733. The molecule has 0 bridgehead atoms. The first-order valence-electron chi connectivity index (χ1n) is 6.54. The van der Waals surface area contributed by atoms with Crippen LogP contribution in [-0.2, 0) is 20.1 Å². The van der Waals surface area contributed by atoms with Crippen LogP contribution in [0.1, 0.15) is 28.1 Å². The van der Waals surface area contributed by atoms with E-state index in [2.05, 4.69) is 49.5 Å². The smallest absolute Gasteiger partial charge is 0.120 e. The Kier molecular flexibility index (Phi) is 4.03. The van der Waals surface area contributed by atoms with E-state index < -0.39 is 0 Å². The Labute approximate surface area is 114 Å². The Morgan fingerprint density at radius 2 is 1.84 bits per heavy atom. The Bertz CT molecular complexity index is 600. The van der Waals surface area contributed by atoms with Gasteiger partial charge in [-0.2, -0.15) is 5.26 Å². The van der Waals surface area contributed by atoms with Gasteiger partial charge >= 0.3 is 0 Å². The van der Waals surface area contributed by atoms with Gasteiger partial charge in [-0.1, -0.05) is 29.8 Å². The third kappa shape index (κ3) is 3.04. The molecule has 2 N–H and O–H groups in total. The van der Waals surface area contributed by atoms with E-state index in [4.69, 9.17) is 5.26 Å². The van der Waals surface area contributed by atoms with E-state index in [0.29, 0.717) is 0 Å². The molecule has 0 amide bonds. The van der Waals surface area contributed by atoms with Gasteiger partial charge in [0, 0.05) is 23.9 Å². The minimum atomic E-state index is 0.733. The van der Waals surface area contributed by atoms with Crippen LogP contribution in [0.3, 0.4) is 0 Å². The van der Waals surface area contributed by atoms with Crippen LogP contribution in [-0.4, -0.2) is 4.57 Å². The lowest BCUT2D eigenvalue weighted by molar-refractivity contribution is -0.686. The zero-order chi connectivity index (χ0) is 13.8. The number of hydrogen-bond acceptors (Lipinski definition) is 1. The molecular weight excluding hydrogens is 234 g/mol. The highest BCUT2D eigenvalue weighted by Gasteiger charge is 2.09. The molecule has 98 valence electrons. The predicted molar refractivity (Wildman–Crippen MR) is 75.4 cm³/mol. The fraction of sp³-hybridized carbons (Fsp3) is 0.312. The van der Waals surface area contributed by atoms with Gasteiger partial charge in [0.15, 0.2) is 0 Å². The highest BCUT2D eigenvalue weighted by Crippen LogP contribution is 2.11. The molecule has 0 radical (unpaired) electrons. The summed E-state index contributed by atoms with van der Waals surface area (Å²) in [6.45, 7) is 6.05. The SMILES string of the molecule is Cc1ccc(C[NH2+]Cc2cc(C#N)n(C)c2C)cc1. The summed E-state index contributed by atoms with van der Waals surface area (Å²) in [5.74, 6) is 0. The summed E-state index contributed by atoms with van der Waals surface area (Å²) < 4.78 is 1.95. The second-order valence-corrected chi connectivity index (χ2v) is 4.99. The van der Waals surface area contributed by atoms with Crippen molar-refractivity contribution >= 4 is 0 Å². The third-order valence-corrected chi connectivity index (χ3v) is 3.62. The molecule has 0 saturated heterocycles. The first kappa shape index (κ1) is 13.4. The lowest BCUT2D eigenvalue weighted by Crippen LogP contribution is -2.80. The van der Waals surface area contributed by atoms with Crippen LogP contribution < -0.4 is 5.32 Å². The molecule has 1 aromatic carbocycles. The van der Waals surface area contributed by atoms with Crippen molar-refractivity contribution in [2.45, 2.75) is 26.9 Å². The number of aryl methyl sites for hydroxylation is 1. The largest absolute Gasteiger partial charge is 0.339 e. The Hall–Kier alpha value is -2.05. The van der Waals surface area contributed by atoms with E-state index in [1.807, 2.05) is 17.7 Å². The molecule has 19 heavy (non-hydrogen) atoms. The minimum Gasteiger partial charge on any atom is -0.339 e. The van der Waals surface area contributed by atoms with Crippen LogP contribution in [0.15, 0.2) is 30.3 Å². The van der Waals surface area contributed by atoms with Crippen LogP contribution in [0.2, 0.25) is 0 Å². The molecule has 1 heterocycles. The second-order valence-electron chi connectivity index (χ2n) is 4.99. The lowest BCUT2D eigenvalue weighted by atomic mass is 10.1. The fourth-order valence-electron chi connectivity index (χ4n) is 2.19. The van der Waals surface area contributed by atoms with Gasteiger partial charge in [-0.05, 0) is 19.9 Å². The highest BCUT2D eigenvalue weighted by molar-refractivity contribution is 5.33. The molecule has 3 nitrogen and oxygen atoms in total. The van der Waals surface area contributed by atoms with Gasteiger partial charge in [-0.25, -0.2) is 0 Å². The Morgan fingerprint density at radius 3 is 2.42 bits per heavy atom. The molecule has 0 spiro atoms. The van der Waals surface area contributed by atoms with Crippen molar-refractivity contribution in [3.05, 3.63) is 58.4 Å². The molecule has 0 fully saturated rings. The summed E-state index contributed by atoms with van der Waals surface area (Å²) in [7, 11) is 1.94. The van der Waals surface area contributed by atoms with Crippen LogP contribution in [0.25, 0.3) is 0 Å². The maximum Gasteiger partial charge on any atom is 0.120 e. The Morgan fingerprint density at radius 1 is 1.16 bits per heavy atom. The second kappa shape index (κ2) is 5.73. The normalized spacial score (nSPS) is 10.4. The van der Waals surface area contributed by atoms with Gasteiger partial charge in [0.05, 0.1) is 0 Å². The Balaban J connectivity index is 1.96. The highest BCUT2D eigenvalue weighted by atomic mass is 15.0. The molecule has 0 unspecified atom stereocenters. The number of rotatable bonds is 4. The van der Waals surface area contributed by atoms with Gasteiger partial charge in [-0.3, -0.25) is 0 Å². The molecule has 0 aliphatic rings. The molecule has 1 aromatic heterocycles. The number of nitrogens with zero attached hydrogens (tertiary/aromatic N) is 2. The molecule has 0 aliphatic heterocycles. The molecule has 0 aliphatic carbocycles. The van der Waals surface area contributed by atoms with E-state index in [1.54, 1.807) is 0 Å². The quantitative estimate of drug-likeness (QED) is 0.888. The summed E-state index contributed by atoms with van der Waals surface area (Å²) in [4.78, 5) is 0. The number of quaternary nitrogens is 1. The third-order valence-electron chi connectivity index (χ3n) is 3.62. The summed E-state index contributed by atoms with van der Waals surface area (Å²) in [6, 6.07) is 12.8. The maximum atomic E-state index is 9.00. The zero-order valence-corrected chi connectivity index (χ0v) is 11.8. The van der Waals surface area contributed by atoms with Gasteiger partial charge in [0.1, 0.15) is 24.9 Å². The molecule has 0 atom stereocenters. The standard InChI is InChI=1S/C16H19N3/c1-12-4-6-14(7-5-12)10-18-11-15-8-16(9-17)19(3)13(15)2/h4-8,18H,10-11H2,1-3H3/p+1. The first-order valence-corrected chi connectivity index (χ1v) is 6.54. The summed E-state index contributed by atoms with van der Waals surface area (Å²) in [5, 5.41) is 11.3. The fourth-order valence-corrected chi connectivity index (χ4v) is 2.19. The number of hydrogen-bond donors (Lipinski definition) is 1.